The summed E-state index contributed by atoms with van der Waals surface area (Å²) in [5, 5.41) is 3.15. The minimum Gasteiger partial charge on any atom is -0.332 e. The Bertz CT molecular complexity index is 900. The normalized spacial score (nSPS) is 16.2. The Morgan fingerprint density at radius 1 is 1.19 bits per heavy atom. The molecule has 27 heavy (non-hydrogen) atoms. The van der Waals surface area contributed by atoms with E-state index in [1.165, 1.54) is 4.90 Å². The van der Waals surface area contributed by atoms with Gasteiger partial charge in [-0.05, 0) is 31.2 Å². The zero-order valence-electron chi connectivity index (χ0n) is 15.1. The predicted octanol–water partition coefficient (Wildman–Crippen LogP) is 3.18. The summed E-state index contributed by atoms with van der Waals surface area (Å²) in [5.74, 6) is -0.751. The van der Waals surface area contributed by atoms with Crippen LogP contribution in [0.4, 0.5) is 11.4 Å². The van der Waals surface area contributed by atoms with E-state index in [2.05, 4.69) is 5.32 Å². The minimum absolute atomic E-state index is 0.128. The lowest BCUT2D eigenvalue weighted by molar-refractivity contribution is -0.119. The van der Waals surface area contributed by atoms with Gasteiger partial charge < -0.3 is 15.1 Å². The number of carbonyl (C=O) groups is 3. The quantitative estimate of drug-likeness (QED) is 0.882. The third-order valence-corrected chi connectivity index (χ3v) is 4.78. The number of likely N-dealkylation sites (N-methyl/N-ethyl adjacent to an activating group) is 1. The van der Waals surface area contributed by atoms with Crippen molar-refractivity contribution in [3.63, 3.8) is 0 Å². The number of hydrogen-bond donors (Lipinski definition) is 1. The van der Waals surface area contributed by atoms with Crippen LogP contribution in [0.25, 0.3) is 0 Å². The van der Waals surface area contributed by atoms with Gasteiger partial charge in [0.15, 0.2) is 0 Å². The highest BCUT2D eigenvalue weighted by atomic mass is 35.5. The molecule has 1 aliphatic rings. The molecule has 1 N–H and O–H groups in total. The predicted molar refractivity (Wildman–Crippen MR) is 105 cm³/mol. The van der Waals surface area contributed by atoms with Crippen LogP contribution in [0, 0.1) is 0 Å². The summed E-state index contributed by atoms with van der Waals surface area (Å²) in [6, 6.07) is 13.5. The first-order chi connectivity index (χ1) is 12.9. The van der Waals surface area contributed by atoms with Gasteiger partial charge in [-0.15, -0.1) is 0 Å². The number of halogens is 1. The van der Waals surface area contributed by atoms with Crippen LogP contribution in [-0.4, -0.2) is 42.3 Å². The lowest BCUT2D eigenvalue weighted by Crippen LogP contribution is -2.45. The molecule has 2 aromatic carbocycles. The smallest absolute Gasteiger partial charge is 0.255 e. The van der Waals surface area contributed by atoms with Crippen LogP contribution in [0.3, 0.4) is 0 Å². The Kier molecular flexibility index (Phi) is 5.46. The molecule has 2 aromatic rings. The van der Waals surface area contributed by atoms with Gasteiger partial charge in [-0.2, -0.15) is 0 Å². The van der Waals surface area contributed by atoms with Crippen LogP contribution < -0.4 is 10.2 Å². The third-order valence-electron chi connectivity index (χ3n) is 4.45. The number of amides is 3. The van der Waals surface area contributed by atoms with Gasteiger partial charge in [0, 0.05) is 19.5 Å². The van der Waals surface area contributed by atoms with Gasteiger partial charge in [0.2, 0.25) is 11.8 Å². The molecule has 3 amide bonds. The van der Waals surface area contributed by atoms with Crippen LogP contribution >= 0.6 is 11.6 Å². The Hall–Kier alpha value is -2.86. The fourth-order valence-electron chi connectivity index (χ4n) is 3.16. The van der Waals surface area contributed by atoms with Gasteiger partial charge in [-0.1, -0.05) is 35.9 Å². The second-order valence-corrected chi connectivity index (χ2v) is 6.93. The SMILES string of the molecule is CC1CC(=O)Nc2ccccc2N1C(=O)CN(C)C(=O)c1ccccc1Cl. The van der Waals surface area contributed by atoms with E-state index in [4.69, 9.17) is 11.6 Å². The van der Waals surface area contributed by atoms with Crippen molar-refractivity contribution in [2.75, 3.05) is 23.8 Å². The van der Waals surface area contributed by atoms with Crippen molar-refractivity contribution in [3.05, 3.63) is 59.1 Å². The van der Waals surface area contributed by atoms with Crippen molar-refractivity contribution in [1.29, 1.82) is 0 Å². The zero-order valence-corrected chi connectivity index (χ0v) is 15.9. The topological polar surface area (TPSA) is 69.7 Å². The molecule has 0 saturated heterocycles. The maximum absolute atomic E-state index is 13.0. The van der Waals surface area contributed by atoms with Gasteiger partial charge in [-0.3, -0.25) is 14.4 Å². The zero-order chi connectivity index (χ0) is 19.6. The van der Waals surface area contributed by atoms with Crippen molar-refractivity contribution >= 4 is 40.7 Å². The second-order valence-electron chi connectivity index (χ2n) is 6.52. The van der Waals surface area contributed by atoms with Crippen LogP contribution in [0.2, 0.25) is 5.02 Å². The first kappa shape index (κ1) is 18.9. The molecule has 0 aliphatic carbocycles. The molecular weight excluding hydrogens is 366 g/mol. The number of rotatable bonds is 3. The van der Waals surface area contributed by atoms with Crippen molar-refractivity contribution in [1.82, 2.24) is 4.90 Å². The number of fused-ring (bicyclic) bond motifs is 1. The number of para-hydroxylation sites is 2. The van der Waals surface area contributed by atoms with Crippen LogP contribution in [0.1, 0.15) is 23.7 Å². The van der Waals surface area contributed by atoms with E-state index in [1.807, 2.05) is 13.0 Å². The van der Waals surface area contributed by atoms with Crippen LogP contribution in [0.15, 0.2) is 48.5 Å². The number of hydrogen-bond acceptors (Lipinski definition) is 3. The standard InChI is InChI=1S/C20H20ClN3O3/c1-13-11-18(25)22-16-9-5-6-10-17(16)24(13)19(26)12-23(2)20(27)14-7-3-4-8-15(14)21/h3-10,13H,11-12H2,1-2H3,(H,22,25). The monoisotopic (exact) mass is 385 g/mol. The van der Waals surface area contributed by atoms with Crippen molar-refractivity contribution in [2.24, 2.45) is 0 Å². The minimum atomic E-state index is -0.334. The van der Waals surface area contributed by atoms with E-state index >= 15 is 0 Å². The summed E-state index contributed by atoms with van der Waals surface area (Å²) in [6.07, 6.45) is 0.183. The maximum atomic E-state index is 13.0. The van der Waals surface area contributed by atoms with Crippen molar-refractivity contribution in [3.8, 4) is 0 Å². The Balaban J connectivity index is 1.83. The summed E-state index contributed by atoms with van der Waals surface area (Å²) in [5.41, 5.74) is 1.55. The van der Waals surface area contributed by atoms with Gasteiger partial charge >= 0.3 is 0 Å². The molecule has 0 radical (unpaired) electrons. The molecule has 0 fully saturated rings. The van der Waals surface area contributed by atoms with E-state index in [9.17, 15) is 14.4 Å². The summed E-state index contributed by atoms with van der Waals surface area (Å²) in [4.78, 5) is 40.6. The number of anilines is 2. The third kappa shape index (κ3) is 3.95. The molecule has 140 valence electrons. The average molecular weight is 386 g/mol. The molecule has 0 spiro atoms. The summed E-state index contributed by atoms with van der Waals surface area (Å²) < 4.78 is 0. The molecule has 0 bridgehead atoms. The first-order valence-corrected chi connectivity index (χ1v) is 8.97. The lowest BCUT2D eigenvalue weighted by atomic mass is 10.1. The molecule has 1 atom stereocenters. The molecule has 6 nitrogen and oxygen atoms in total. The van der Waals surface area contributed by atoms with Gasteiger partial charge in [-0.25, -0.2) is 0 Å². The highest BCUT2D eigenvalue weighted by Crippen LogP contribution is 2.31. The summed E-state index contributed by atoms with van der Waals surface area (Å²) in [7, 11) is 1.56. The number of nitrogens with zero attached hydrogens (tertiary/aromatic N) is 2. The van der Waals surface area contributed by atoms with Crippen molar-refractivity contribution < 1.29 is 14.4 Å². The summed E-state index contributed by atoms with van der Waals surface area (Å²) >= 11 is 6.09. The average Bonchev–Trinajstić information content (AvgIpc) is 2.75. The number of benzene rings is 2. The van der Waals surface area contributed by atoms with E-state index in [-0.39, 0.29) is 36.7 Å². The molecule has 3 rings (SSSR count). The van der Waals surface area contributed by atoms with E-state index in [0.29, 0.717) is 22.0 Å². The van der Waals surface area contributed by atoms with E-state index in [0.717, 1.165) is 0 Å². The summed E-state index contributed by atoms with van der Waals surface area (Å²) in [6.45, 7) is 1.69. The second kappa shape index (κ2) is 7.80. The highest BCUT2D eigenvalue weighted by molar-refractivity contribution is 6.33. The number of carbonyl (C=O) groups excluding carboxylic acids is 3. The fraction of sp³-hybridized carbons (Fsp3) is 0.250. The largest absolute Gasteiger partial charge is 0.332 e. The van der Waals surface area contributed by atoms with Crippen molar-refractivity contribution in [2.45, 2.75) is 19.4 Å². The molecule has 7 heteroatoms. The lowest BCUT2D eigenvalue weighted by Gasteiger charge is -2.29. The van der Waals surface area contributed by atoms with Gasteiger partial charge in [0.05, 0.1) is 22.0 Å². The van der Waals surface area contributed by atoms with Gasteiger partial charge in [0.1, 0.15) is 6.54 Å². The van der Waals surface area contributed by atoms with E-state index < -0.39 is 0 Å². The Morgan fingerprint density at radius 3 is 2.59 bits per heavy atom. The Morgan fingerprint density at radius 2 is 1.85 bits per heavy atom. The van der Waals surface area contributed by atoms with Crippen LogP contribution in [0.5, 0.6) is 0 Å². The molecule has 0 aromatic heterocycles. The first-order valence-electron chi connectivity index (χ1n) is 8.59. The Labute approximate surface area is 162 Å². The number of nitrogens with one attached hydrogen (secondary N) is 1. The molecule has 0 saturated carbocycles. The fourth-order valence-corrected chi connectivity index (χ4v) is 3.38. The highest BCUT2D eigenvalue weighted by Gasteiger charge is 2.30. The molecule has 1 unspecified atom stereocenters. The molecule has 1 heterocycles. The van der Waals surface area contributed by atoms with E-state index in [1.54, 1.807) is 54.4 Å². The maximum Gasteiger partial charge on any atom is 0.255 e. The molecular formula is C20H20ClN3O3. The van der Waals surface area contributed by atoms with Gasteiger partial charge in [0.25, 0.3) is 5.91 Å². The molecule has 1 aliphatic heterocycles. The van der Waals surface area contributed by atoms with Crippen LogP contribution in [-0.2, 0) is 9.59 Å².